The van der Waals surface area contributed by atoms with Crippen LogP contribution < -0.4 is 15.2 Å². The molecule has 0 unspecified atom stereocenters. The summed E-state index contributed by atoms with van der Waals surface area (Å²) in [5.74, 6) is 1.58. The Bertz CT molecular complexity index is 533. The summed E-state index contributed by atoms with van der Waals surface area (Å²) in [6.07, 6.45) is 3.69. The first kappa shape index (κ1) is 18.3. The summed E-state index contributed by atoms with van der Waals surface area (Å²) in [7, 11) is -3.48. The molecule has 0 aliphatic rings. The lowest BCUT2D eigenvalue weighted by atomic mass is 10.2. The number of thioether (sulfide) groups is 1. The number of hydrogen-bond donors (Lipinski definition) is 2. The predicted octanol–water partition coefficient (Wildman–Crippen LogP) is 1.97. The molecule has 0 radical (unpaired) electrons. The van der Waals surface area contributed by atoms with Gasteiger partial charge in [0, 0.05) is 18.7 Å². The molecular formula is C14H24N2O3S2. The average Bonchev–Trinajstić information content (AvgIpc) is 2.49. The average molecular weight is 332 g/mol. The molecule has 1 aromatic rings. The number of ether oxygens (including phenoxy) is 1. The monoisotopic (exact) mass is 332 g/mol. The van der Waals surface area contributed by atoms with Gasteiger partial charge in [0.15, 0.2) is 0 Å². The van der Waals surface area contributed by atoms with Crippen molar-refractivity contribution in [3.63, 3.8) is 0 Å². The van der Waals surface area contributed by atoms with E-state index in [1.54, 1.807) is 30.0 Å². The summed E-state index contributed by atoms with van der Waals surface area (Å²) < 4.78 is 32.5. The molecule has 3 N–H and O–H groups in total. The predicted molar refractivity (Wildman–Crippen MR) is 88.3 cm³/mol. The Morgan fingerprint density at radius 1 is 1.38 bits per heavy atom. The highest BCUT2D eigenvalue weighted by Crippen LogP contribution is 2.22. The van der Waals surface area contributed by atoms with Crippen LogP contribution in [0.25, 0.3) is 0 Å². The van der Waals surface area contributed by atoms with Crippen LogP contribution in [0.15, 0.2) is 23.1 Å². The van der Waals surface area contributed by atoms with Crippen LogP contribution in [0.3, 0.4) is 0 Å². The Labute approximate surface area is 131 Å². The molecule has 0 bridgehead atoms. The minimum Gasteiger partial charge on any atom is -0.493 e. The molecule has 0 spiro atoms. The topological polar surface area (TPSA) is 81.4 Å². The fourth-order valence-corrected chi connectivity index (χ4v) is 3.30. The Morgan fingerprint density at radius 2 is 2.14 bits per heavy atom. The largest absolute Gasteiger partial charge is 0.493 e. The van der Waals surface area contributed by atoms with Gasteiger partial charge in [-0.05, 0) is 43.0 Å². The third kappa shape index (κ3) is 5.86. The lowest BCUT2D eigenvalue weighted by molar-refractivity contribution is 0.314. The van der Waals surface area contributed by atoms with E-state index < -0.39 is 10.0 Å². The van der Waals surface area contributed by atoms with Crippen LogP contribution in [-0.2, 0) is 16.6 Å². The van der Waals surface area contributed by atoms with Crippen LogP contribution in [0.4, 0.5) is 0 Å². The molecule has 1 rings (SSSR count). The first-order valence-corrected chi connectivity index (χ1v) is 9.87. The molecule has 0 aliphatic heterocycles. The van der Waals surface area contributed by atoms with Gasteiger partial charge in [-0.3, -0.25) is 0 Å². The molecule has 120 valence electrons. The summed E-state index contributed by atoms with van der Waals surface area (Å²) in [5.41, 5.74) is 6.38. The van der Waals surface area contributed by atoms with Crippen molar-refractivity contribution in [2.45, 2.75) is 31.2 Å². The summed E-state index contributed by atoms with van der Waals surface area (Å²) in [5, 5.41) is 0. The van der Waals surface area contributed by atoms with Crippen molar-refractivity contribution in [2.75, 3.05) is 25.2 Å². The minimum absolute atomic E-state index is 0.232. The molecule has 21 heavy (non-hydrogen) atoms. The van der Waals surface area contributed by atoms with E-state index in [1.807, 2.05) is 13.2 Å². The van der Waals surface area contributed by atoms with Crippen molar-refractivity contribution in [2.24, 2.45) is 5.73 Å². The van der Waals surface area contributed by atoms with Gasteiger partial charge in [0.1, 0.15) is 5.75 Å². The molecule has 5 nitrogen and oxygen atoms in total. The molecular weight excluding hydrogens is 308 g/mol. The van der Waals surface area contributed by atoms with Gasteiger partial charge in [-0.2, -0.15) is 11.8 Å². The van der Waals surface area contributed by atoms with E-state index in [0.29, 0.717) is 24.5 Å². The number of rotatable bonds is 10. The van der Waals surface area contributed by atoms with Crippen LogP contribution in [0.5, 0.6) is 5.75 Å². The van der Waals surface area contributed by atoms with Gasteiger partial charge in [0.2, 0.25) is 10.0 Å². The van der Waals surface area contributed by atoms with E-state index in [1.165, 1.54) is 0 Å². The minimum atomic E-state index is -3.48. The third-order valence-electron chi connectivity index (χ3n) is 2.84. The maximum absolute atomic E-state index is 12.2. The Balaban J connectivity index is 2.82. The smallest absolute Gasteiger partial charge is 0.240 e. The summed E-state index contributed by atoms with van der Waals surface area (Å²) >= 11 is 1.70. The summed E-state index contributed by atoms with van der Waals surface area (Å²) in [4.78, 5) is 0.232. The Kier molecular flexibility index (Phi) is 8.10. The second-order valence-corrected chi connectivity index (χ2v) is 7.32. The van der Waals surface area contributed by atoms with Crippen LogP contribution in [0.2, 0.25) is 0 Å². The first-order chi connectivity index (χ1) is 10.0. The second-order valence-electron chi connectivity index (χ2n) is 4.57. The van der Waals surface area contributed by atoms with Gasteiger partial charge in [-0.1, -0.05) is 6.92 Å². The van der Waals surface area contributed by atoms with Crippen LogP contribution >= 0.6 is 11.8 Å². The molecule has 0 atom stereocenters. The molecule has 0 saturated heterocycles. The van der Waals surface area contributed by atoms with Crippen LogP contribution in [0.1, 0.15) is 25.3 Å². The van der Waals surface area contributed by atoms with Gasteiger partial charge in [-0.15, -0.1) is 0 Å². The van der Waals surface area contributed by atoms with E-state index in [9.17, 15) is 8.42 Å². The van der Waals surface area contributed by atoms with Gasteiger partial charge in [0.05, 0.1) is 11.5 Å². The summed E-state index contributed by atoms with van der Waals surface area (Å²) in [6.45, 7) is 3.29. The number of benzene rings is 1. The SMILES string of the molecule is CCCOc1ccc(S(=O)(=O)NCCCSC)cc1CN. The lowest BCUT2D eigenvalue weighted by Gasteiger charge is -2.12. The Hall–Kier alpha value is -0.760. The Morgan fingerprint density at radius 3 is 2.76 bits per heavy atom. The number of hydrogen-bond acceptors (Lipinski definition) is 5. The van der Waals surface area contributed by atoms with Gasteiger partial charge in [-0.25, -0.2) is 13.1 Å². The maximum Gasteiger partial charge on any atom is 0.240 e. The molecule has 0 fully saturated rings. The van der Waals surface area contributed by atoms with Crippen LogP contribution in [-0.4, -0.2) is 33.6 Å². The molecule has 0 heterocycles. The zero-order valence-corrected chi connectivity index (χ0v) is 14.2. The van der Waals surface area contributed by atoms with Crippen molar-refractivity contribution >= 4 is 21.8 Å². The standard InChI is InChI=1S/C14H24N2O3S2/c1-3-8-19-14-6-5-13(10-12(14)11-15)21(17,18)16-7-4-9-20-2/h5-6,10,16H,3-4,7-9,11,15H2,1-2H3. The van der Waals surface area contributed by atoms with E-state index in [0.717, 1.165) is 18.6 Å². The molecule has 7 heteroatoms. The second kappa shape index (κ2) is 9.30. The van der Waals surface area contributed by atoms with Gasteiger partial charge < -0.3 is 10.5 Å². The third-order valence-corrected chi connectivity index (χ3v) is 5.00. The quantitative estimate of drug-likeness (QED) is 0.640. The highest BCUT2D eigenvalue weighted by Gasteiger charge is 2.15. The maximum atomic E-state index is 12.2. The number of nitrogens with one attached hydrogen (secondary N) is 1. The molecule has 0 aromatic heterocycles. The van der Waals surface area contributed by atoms with Gasteiger partial charge in [0.25, 0.3) is 0 Å². The molecule has 1 aromatic carbocycles. The highest BCUT2D eigenvalue weighted by atomic mass is 32.2. The summed E-state index contributed by atoms with van der Waals surface area (Å²) in [6, 6.07) is 4.82. The van der Waals surface area contributed by atoms with Crippen molar-refractivity contribution < 1.29 is 13.2 Å². The normalized spacial score (nSPS) is 11.6. The van der Waals surface area contributed by atoms with E-state index in [2.05, 4.69) is 4.72 Å². The van der Waals surface area contributed by atoms with Gasteiger partial charge >= 0.3 is 0 Å². The van der Waals surface area contributed by atoms with Crippen molar-refractivity contribution in [3.8, 4) is 5.75 Å². The van der Waals surface area contributed by atoms with Crippen molar-refractivity contribution in [3.05, 3.63) is 23.8 Å². The van der Waals surface area contributed by atoms with Crippen LogP contribution in [0, 0.1) is 0 Å². The van der Waals surface area contributed by atoms with E-state index in [-0.39, 0.29) is 11.4 Å². The molecule has 0 amide bonds. The highest BCUT2D eigenvalue weighted by molar-refractivity contribution is 7.98. The van der Waals surface area contributed by atoms with Crippen molar-refractivity contribution in [1.29, 1.82) is 0 Å². The zero-order chi connectivity index (χ0) is 15.7. The fraction of sp³-hybridized carbons (Fsp3) is 0.571. The fourth-order valence-electron chi connectivity index (χ4n) is 1.74. The number of nitrogens with two attached hydrogens (primary N) is 1. The van der Waals surface area contributed by atoms with E-state index in [4.69, 9.17) is 10.5 Å². The molecule has 0 aliphatic carbocycles. The lowest BCUT2D eigenvalue weighted by Crippen LogP contribution is -2.25. The first-order valence-electron chi connectivity index (χ1n) is 6.99. The number of sulfonamides is 1. The zero-order valence-electron chi connectivity index (χ0n) is 12.6. The molecule has 0 saturated carbocycles. The van der Waals surface area contributed by atoms with E-state index >= 15 is 0 Å². The van der Waals surface area contributed by atoms with Crippen molar-refractivity contribution in [1.82, 2.24) is 4.72 Å².